The first-order chi connectivity index (χ1) is 8.22. The Morgan fingerprint density at radius 1 is 1.59 bits per heavy atom. The van der Waals surface area contributed by atoms with E-state index in [0.29, 0.717) is 12.1 Å². The third-order valence-corrected chi connectivity index (χ3v) is 3.05. The van der Waals surface area contributed by atoms with Gasteiger partial charge in [0, 0.05) is 25.2 Å². The molecule has 1 atom stereocenters. The van der Waals surface area contributed by atoms with Gasteiger partial charge in [-0.25, -0.2) is 0 Å². The third kappa shape index (κ3) is 2.76. The topological polar surface area (TPSA) is 56.5 Å². The molecule has 1 aromatic rings. The fourth-order valence-corrected chi connectivity index (χ4v) is 2.17. The second-order valence-corrected chi connectivity index (χ2v) is 4.32. The SMILES string of the molecule is COc1ccc(C#N)cc1CN1CC[C@H](O)C1. The zero-order chi connectivity index (χ0) is 12.3. The van der Waals surface area contributed by atoms with Gasteiger partial charge in [0.1, 0.15) is 5.75 Å². The molecule has 0 radical (unpaired) electrons. The van der Waals surface area contributed by atoms with E-state index in [-0.39, 0.29) is 6.10 Å². The normalized spacial score (nSPS) is 20.2. The Hall–Kier alpha value is -1.57. The number of ether oxygens (including phenoxy) is 1. The van der Waals surface area contributed by atoms with Gasteiger partial charge in [0.2, 0.25) is 0 Å². The summed E-state index contributed by atoms with van der Waals surface area (Å²) in [6.45, 7) is 2.30. The van der Waals surface area contributed by atoms with Gasteiger partial charge in [-0.1, -0.05) is 0 Å². The van der Waals surface area contributed by atoms with Gasteiger partial charge in [-0.3, -0.25) is 4.90 Å². The lowest BCUT2D eigenvalue weighted by Gasteiger charge is -2.17. The molecular formula is C13H16N2O2. The summed E-state index contributed by atoms with van der Waals surface area (Å²) in [4.78, 5) is 2.17. The van der Waals surface area contributed by atoms with Crippen LogP contribution in [0.1, 0.15) is 17.5 Å². The van der Waals surface area contributed by atoms with E-state index < -0.39 is 0 Å². The van der Waals surface area contributed by atoms with Gasteiger partial charge in [-0.15, -0.1) is 0 Å². The third-order valence-electron chi connectivity index (χ3n) is 3.05. The number of β-amino-alcohol motifs (C(OH)–C–C–N with tert-alkyl or cyclic N) is 1. The van der Waals surface area contributed by atoms with Crippen LogP contribution in [0.3, 0.4) is 0 Å². The zero-order valence-corrected chi connectivity index (χ0v) is 9.89. The summed E-state index contributed by atoms with van der Waals surface area (Å²) >= 11 is 0. The van der Waals surface area contributed by atoms with E-state index in [2.05, 4.69) is 11.0 Å². The van der Waals surface area contributed by atoms with E-state index in [1.165, 1.54) is 0 Å². The van der Waals surface area contributed by atoms with Crippen LogP contribution in [0.2, 0.25) is 0 Å². The molecule has 4 nitrogen and oxygen atoms in total. The molecule has 1 heterocycles. The van der Waals surface area contributed by atoms with Crippen LogP contribution in [-0.4, -0.2) is 36.3 Å². The molecule has 0 spiro atoms. The Kier molecular flexibility index (Phi) is 3.62. The number of likely N-dealkylation sites (tertiary alicyclic amines) is 1. The predicted molar refractivity (Wildman–Crippen MR) is 63.6 cm³/mol. The number of rotatable bonds is 3. The first-order valence-electron chi connectivity index (χ1n) is 5.70. The van der Waals surface area contributed by atoms with Crippen LogP contribution in [0.5, 0.6) is 5.75 Å². The minimum Gasteiger partial charge on any atom is -0.496 e. The van der Waals surface area contributed by atoms with Crippen molar-refractivity contribution < 1.29 is 9.84 Å². The molecule has 4 heteroatoms. The largest absolute Gasteiger partial charge is 0.496 e. The molecule has 0 aliphatic carbocycles. The van der Waals surface area contributed by atoms with Crippen LogP contribution in [0.25, 0.3) is 0 Å². The summed E-state index contributed by atoms with van der Waals surface area (Å²) in [5.74, 6) is 0.797. The van der Waals surface area contributed by atoms with Crippen LogP contribution in [0.4, 0.5) is 0 Å². The Bertz CT molecular complexity index is 440. The van der Waals surface area contributed by atoms with E-state index >= 15 is 0 Å². The molecule has 1 fully saturated rings. The van der Waals surface area contributed by atoms with Crippen molar-refractivity contribution in [1.82, 2.24) is 4.90 Å². The molecule has 1 aliphatic rings. The van der Waals surface area contributed by atoms with Crippen molar-refractivity contribution in [2.24, 2.45) is 0 Å². The summed E-state index contributed by atoms with van der Waals surface area (Å²) in [5.41, 5.74) is 1.64. The first-order valence-corrected chi connectivity index (χ1v) is 5.70. The van der Waals surface area contributed by atoms with Crippen molar-refractivity contribution in [1.29, 1.82) is 5.26 Å². The number of nitrogens with zero attached hydrogens (tertiary/aromatic N) is 2. The van der Waals surface area contributed by atoms with Crippen molar-refractivity contribution >= 4 is 0 Å². The lowest BCUT2D eigenvalue weighted by molar-refractivity contribution is 0.174. The monoisotopic (exact) mass is 232 g/mol. The number of aliphatic hydroxyl groups excluding tert-OH is 1. The molecule has 1 aromatic carbocycles. The molecular weight excluding hydrogens is 216 g/mol. The summed E-state index contributed by atoms with van der Waals surface area (Å²) in [7, 11) is 1.63. The first kappa shape index (κ1) is 11.9. The summed E-state index contributed by atoms with van der Waals surface area (Å²) in [5, 5.41) is 18.4. The molecule has 0 aromatic heterocycles. The van der Waals surface area contributed by atoms with Crippen molar-refractivity contribution in [3.05, 3.63) is 29.3 Å². The van der Waals surface area contributed by atoms with E-state index in [9.17, 15) is 5.11 Å². The number of hydrogen-bond donors (Lipinski definition) is 1. The quantitative estimate of drug-likeness (QED) is 0.849. The van der Waals surface area contributed by atoms with Crippen LogP contribution in [-0.2, 0) is 6.54 Å². The maximum absolute atomic E-state index is 9.48. The fraction of sp³-hybridized carbons (Fsp3) is 0.462. The van der Waals surface area contributed by atoms with Gasteiger partial charge in [0.15, 0.2) is 0 Å². The summed E-state index contributed by atoms with van der Waals surface area (Å²) < 4.78 is 5.28. The minimum atomic E-state index is -0.222. The predicted octanol–water partition coefficient (Wildman–Crippen LogP) is 1.13. The highest BCUT2D eigenvalue weighted by molar-refractivity contribution is 5.42. The number of hydrogen-bond acceptors (Lipinski definition) is 4. The molecule has 2 rings (SSSR count). The summed E-state index contributed by atoms with van der Waals surface area (Å²) in [6, 6.07) is 7.55. The van der Waals surface area contributed by atoms with E-state index in [1.54, 1.807) is 13.2 Å². The van der Waals surface area contributed by atoms with E-state index in [1.807, 2.05) is 12.1 Å². The second-order valence-electron chi connectivity index (χ2n) is 4.32. The van der Waals surface area contributed by atoms with Crippen molar-refractivity contribution in [3.8, 4) is 11.8 Å². The van der Waals surface area contributed by atoms with E-state index in [0.717, 1.165) is 30.8 Å². The van der Waals surface area contributed by atoms with Gasteiger partial charge in [-0.05, 0) is 24.6 Å². The molecule has 1 saturated heterocycles. The number of nitriles is 1. The van der Waals surface area contributed by atoms with Crippen LogP contribution in [0, 0.1) is 11.3 Å². The van der Waals surface area contributed by atoms with Gasteiger partial charge in [-0.2, -0.15) is 5.26 Å². The van der Waals surface area contributed by atoms with Crippen LogP contribution >= 0.6 is 0 Å². The molecule has 90 valence electrons. The molecule has 0 saturated carbocycles. The Labute approximate surface area is 101 Å². The highest BCUT2D eigenvalue weighted by Crippen LogP contribution is 2.23. The highest BCUT2D eigenvalue weighted by Gasteiger charge is 2.21. The minimum absolute atomic E-state index is 0.222. The zero-order valence-electron chi connectivity index (χ0n) is 9.89. The van der Waals surface area contributed by atoms with Gasteiger partial charge < -0.3 is 9.84 Å². The lowest BCUT2D eigenvalue weighted by atomic mass is 10.1. The smallest absolute Gasteiger partial charge is 0.123 e. The Morgan fingerprint density at radius 3 is 3.00 bits per heavy atom. The standard InChI is InChI=1S/C13H16N2O2/c1-17-13-3-2-10(7-14)6-11(13)8-15-5-4-12(16)9-15/h2-3,6,12,16H,4-5,8-9H2,1H3/t12-/m0/s1. The molecule has 17 heavy (non-hydrogen) atoms. The highest BCUT2D eigenvalue weighted by atomic mass is 16.5. The second kappa shape index (κ2) is 5.17. The Balaban J connectivity index is 2.16. The van der Waals surface area contributed by atoms with Crippen LogP contribution < -0.4 is 4.74 Å². The van der Waals surface area contributed by atoms with E-state index in [4.69, 9.17) is 10.00 Å². The molecule has 1 aliphatic heterocycles. The van der Waals surface area contributed by atoms with Gasteiger partial charge >= 0.3 is 0 Å². The van der Waals surface area contributed by atoms with Gasteiger partial charge in [0.05, 0.1) is 24.8 Å². The molecule has 0 unspecified atom stereocenters. The van der Waals surface area contributed by atoms with Crippen molar-refractivity contribution in [2.45, 2.75) is 19.1 Å². The average molecular weight is 232 g/mol. The number of methoxy groups -OCH3 is 1. The van der Waals surface area contributed by atoms with Gasteiger partial charge in [0.25, 0.3) is 0 Å². The average Bonchev–Trinajstić information content (AvgIpc) is 2.74. The van der Waals surface area contributed by atoms with Crippen LogP contribution in [0.15, 0.2) is 18.2 Å². The maximum atomic E-state index is 9.48. The molecule has 1 N–H and O–H groups in total. The lowest BCUT2D eigenvalue weighted by Crippen LogP contribution is -2.21. The number of benzene rings is 1. The fourth-order valence-electron chi connectivity index (χ4n) is 2.17. The summed E-state index contributed by atoms with van der Waals surface area (Å²) in [6.07, 6.45) is 0.598. The van der Waals surface area contributed by atoms with Crippen molar-refractivity contribution in [2.75, 3.05) is 20.2 Å². The molecule has 0 amide bonds. The number of aliphatic hydroxyl groups is 1. The Morgan fingerprint density at radius 2 is 2.41 bits per heavy atom. The molecule has 0 bridgehead atoms. The van der Waals surface area contributed by atoms with Crippen molar-refractivity contribution in [3.63, 3.8) is 0 Å². The maximum Gasteiger partial charge on any atom is 0.123 e.